The van der Waals surface area contributed by atoms with E-state index in [4.69, 9.17) is 9.47 Å². The standard InChI is InChI=1S/C32H35N5O5/c38-30-9-4-11-34-31(39)23-15-26(18-33-16-23)42-25-7-3-5-21(13-25)20-41-29-10-12-37(19-28(29)36-30)32(40)24-14-22-6-1-2-8-27(22)35-17-24/h3,5,7,13-18,28-29H,1-2,4,6,8-12,19-20H2,(H,34,39)(H,36,38)/t28-,29-/m0/s1. The Morgan fingerprint density at radius 3 is 2.81 bits per heavy atom. The highest BCUT2D eigenvalue weighted by Crippen LogP contribution is 2.25. The molecule has 218 valence electrons. The van der Waals surface area contributed by atoms with Gasteiger partial charge in [0.25, 0.3) is 11.8 Å². The molecule has 2 N–H and O–H groups in total. The van der Waals surface area contributed by atoms with Crippen molar-refractivity contribution in [1.82, 2.24) is 25.5 Å². The fraction of sp³-hybridized carbons (Fsp3) is 0.406. The van der Waals surface area contributed by atoms with Crippen LogP contribution in [0.4, 0.5) is 0 Å². The zero-order valence-electron chi connectivity index (χ0n) is 23.5. The number of carbonyl (C=O) groups excluding carboxylic acids is 3. The van der Waals surface area contributed by atoms with Gasteiger partial charge in [0.1, 0.15) is 11.5 Å². The molecule has 3 aliphatic rings. The quantitative estimate of drug-likeness (QED) is 0.459. The summed E-state index contributed by atoms with van der Waals surface area (Å²) in [7, 11) is 0. The molecule has 0 unspecified atom stereocenters. The molecule has 10 heteroatoms. The highest BCUT2D eigenvalue weighted by molar-refractivity contribution is 5.95. The second-order valence-corrected chi connectivity index (χ2v) is 11.1. The predicted octanol–water partition coefficient (Wildman–Crippen LogP) is 3.59. The lowest BCUT2D eigenvalue weighted by molar-refractivity contribution is -0.124. The Morgan fingerprint density at radius 1 is 0.976 bits per heavy atom. The summed E-state index contributed by atoms with van der Waals surface area (Å²) in [6, 6.07) is 10.8. The van der Waals surface area contributed by atoms with Crippen LogP contribution in [0, 0.1) is 0 Å². The third-order valence-electron chi connectivity index (χ3n) is 8.04. The van der Waals surface area contributed by atoms with Crippen LogP contribution in [0.1, 0.15) is 69.6 Å². The number of rotatable bonds is 1. The summed E-state index contributed by atoms with van der Waals surface area (Å²) < 4.78 is 12.3. The van der Waals surface area contributed by atoms with Gasteiger partial charge >= 0.3 is 0 Å². The van der Waals surface area contributed by atoms with Crippen LogP contribution in [0.5, 0.6) is 11.5 Å². The van der Waals surface area contributed by atoms with E-state index in [0.29, 0.717) is 61.7 Å². The SMILES string of the molecule is O=C1CCCNC(=O)c2cncc(c2)Oc2cccc(c2)CO[C@H]2CCN(C(=O)c3cnc4c(c3)CCCC4)C[C@@H]2N1. The van der Waals surface area contributed by atoms with E-state index in [0.717, 1.165) is 42.5 Å². The summed E-state index contributed by atoms with van der Waals surface area (Å²) >= 11 is 0. The topological polar surface area (TPSA) is 123 Å². The van der Waals surface area contributed by atoms with E-state index in [1.54, 1.807) is 23.4 Å². The van der Waals surface area contributed by atoms with E-state index < -0.39 is 0 Å². The minimum atomic E-state index is -0.375. The number of nitrogens with zero attached hydrogens (tertiary/aromatic N) is 3. The second-order valence-electron chi connectivity index (χ2n) is 11.1. The van der Waals surface area contributed by atoms with Crippen LogP contribution < -0.4 is 15.4 Å². The molecule has 6 rings (SSSR count). The lowest BCUT2D eigenvalue weighted by atomic mass is 9.94. The molecule has 4 heterocycles. The smallest absolute Gasteiger partial charge is 0.255 e. The Balaban J connectivity index is 1.19. The average Bonchev–Trinajstić information content (AvgIpc) is 3.01. The minimum Gasteiger partial charge on any atom is -0.456 e. The van der Waals surface area contributed by atoms with Crippen LogP contribution in [0.15, 0.2) is 55.0 Å². The number of amides is 3. The van der Waals surface area contributed by atoms with E-state index in [-0.39, 0.29) is 36.3 Å². The first-order valence-electron chi connectivity index (χ1n) is 14.7. The highest BCUT2D eigenvalue weighted by Gasteiger charge is 2.34. The Morgan fingerprint density at radius 2 is 1.88 bits per heavy atom. The normalized spacial score (nSPS) is 21.4. The first-order chi connectivity index (χ1) is 20.5. The number of likely N-dealkylation sites (tertiary alicyclic amines) is 1. The lowest BCUT2D eigenvalue weighted by Gasteiger charge is -2.39. The van der Waals surface area contributed by atoms with Gasteiger partial charge in [-0.2, -0.15) is 0 Å². The van der Waals surface area contributed by atoms with Crippen LogP contribution in [-0.4, -0.2) is 64.4 Å². The summed E-state index contributed by atoms with van der Waals surface area (Å²) in [6.07, 6.45) is 9.90. The number of carbonyl (C=O) groups is 3. The third kappa shape index (κ3) is 6.60. The molecule has 2 atom stereocenters. The van der Waals surface area contributed by atoms with Gasteiger partial charge in [-0.1, -0.05) is 12.1 Å². The molecule has 1 aliphatic carbocycles. The molecule has 3 amide bonds. The van der Waals surface area contributed by atoms with Crippen molar-refractivity contribution in [3.8, 4) is 11.5 Å². The lowest BCUT2D eigenvalue weighted by Crippen LogP contribution is -2.57. The van der Waals surface area contributed by atoms with Crippen LogP contribution in [0.25, 0.3) is 0 Å². The molecule has 1 fully saturated rings. The maximum absolute atomic E-state index is 13.5. The molecule has 0 radical (unpaired) electrons. The monoisotopic (exact) mass is 569 g/mol. The molecule has 2 aromatic heterocycles. The number of aromatic nitrogens is 2. The number of ether oxygens (including phenoxy) is 2. The van der Waals surface area contributed by atoms with Crippen LogP contribution in [0.3, 0.4) is 0 Å². The zero-order valence-corrected chi connectivity index (χ0v) is 23.5. The van der Waals surface area contributed by atoms with Gasteiger partial charge in [0.15, 0.2) is 0 Å². The number of hydrogen-bond donors (Lipinski definition) is 2. The zero-order chi connectivity index (χ0) is 28.9. The van der Waals surface area contributed by atoms with Gasteiger partial charge in [0.2, 0.25) is 5.91 Å². The number of pyridine rings is 2. The van der Waals surface area contributed by atoms with Crippen molar-refractivity contribution >= 4 is 17.7 Å². The van der Waals surface area contributed by atoms with E-state index in [1.807, 2.05) is 30.3 Å². The first-order valence-corrected chi connectivity index (χ1v) is 14.7. The Labute approximate surface area is 244 Å². The fourth-order valence-corrected chi connectivity index (χ4v) is 5.81. The molecule has 10 nitrogen and oxygen atoms in total. The molecular formula is C32H35N5O5. The van der Waals surface area contributed by atoms with Crippen molar-refractivity contribution in [3.63, 3.8) is 0 Å². The number of benzene rings is 1. The van der Waals surface area contributed by atoms with E-state index >= 15 is 0 Å². The van der Waals surface area contributed by atoms with Crippen molar-refractivity contribution in [2.75, 3.05) is 19.6 Å². The number of aryl methyl sites for hydroxylation is 2. The highest BCUT2D eigenvalue weighted by atomic mass is 16.5. The third-order valence-corrected chi connectivity index (χ3v) is 8.04. The van der Waals surface area contributed by atoms with Crippen molar-refractivity contribution in [3.05, 3.63) is 82.9 Å². The van der Waals surface area contributed by atoms with Crippen LogP contribution in [-0.2, 0) is 29.0 Å². The van der Waals surface area contributed by atoms with E-state index in [1.165, 1.54) is 6.20 Å². The van der Waals surface area contributed by atoms with Gasteiger partial charge in [-0.15, -0.1) is 0 Å². The number of hydrogen-bond acceptors (Lipinski definition) is 7. The van der Waals surface area contributed by atoms with Gasteiger partial charge in [-0.3, -0.25) is 24.4 Å². The van der Waals surface area contributed by atoms with Gasteiger partial charge in [0.05, 0.1) is 36.1 Å². The van der Waals surface area contributed by atoms with E-state index in [9.17, 15) is 14.4 Å². The average molecular weight is 570 g/mol. The summed E-state index contributed by atoms with van der Waals surface area (Å²) in [6.45, 7) is 1.51. The largest absolute Gasteiger partial charge is 0.456 e. The van der Waals surface area contributed by atoms with E-state index in [2.05, 4.69) is 20.6 Å². The first kappa shape index (κ1) is 27.8. The maximum Gasteiger partial charge on any atom is 0.255 e. The Bertz CT molecular complexity index is 1480. The molecule has 1 aromatic carbocycles. The molecular weight excluding hydrogens is 534 g/mol. The second kappa shape index (κ2) is 12.7. The van der Waals surface area contributed by atoms with Crippen LogP contribution in [0.2, 0.25) is 0 Å². The summed E-state index contributed by atoms with van der Waals surface area (Å²) in [5, 5.41) is 5.95. The Hall–Kier alpha value is -4.31. The van der Waals surface area contributed by atoms with Gasteiger partial charge in [0, 0.05) is 44.1 Å². The van der Waals surface area contributed by atoms with Gasteiger partial charge in [-0.05, 0) is 73.9 Å². The summed E-state index contributed by atoms with van der Waals surface area (Å²) in [5.74, 6) is 0.545. The summed E-state index contributed by atoms with van der Waals surface area (Å²) in [5.41, 5.74) is 4.13. The molecule has 0 saturated carbocycles. The molecule has 1 saturated heterocycles. The van der Waals surface area contributed by atoms with Crippen molar-refractivity contribution in [2.45, 2.75) is 63.7 Å². The predicted molar refractivity (Wildman–Crippen MR) is 154 cm³/mol. The maximum atomic E-state index is 13.5. The molecule has 3 aromatic rings. The Kier molecular flexibility index (Phi) is 8.41. The van der Waals surface area contributed by atoms with Crippen molar-refractivity contribution in [2.24, 2.45) is 0 Å². The summed E-state index contributed by atoms with van der Waals surface area (Å²) in [4.78, 5) is 49.7. The molecule has 0 spiro atoms. The molecule has 42 heavy (non-hydrogen) atoms. The van der Waals surface area contributed by atoms with Crippen molar-refractivity contribution in [1.29, 1.82) is 0 Å². The number of nitrogens with one attached hydrogen (secondary N) is 2. The molecule has 2 aliphatic heterocycles. The van der Waals surface area contributed by atoms with Gasteiger partial charge in [-0.25, -0.2) is 0 Å². The molecule has 4 bridgehead atoms. The fourth-order valence-electron chi connectivity index (χ4n) is 5.81. The van der Waals surface area contributed by atoms with Crippen LogP contribution >= 0.6 is 0 Å². The minimum absolute atomic E-state index is 0.0757. The van der Waals surface area contributed by atoms with Gasteiger partial charge < -0.3 is 25.0 Å². The number of piperidine rings is 1. The van der Waals surface area contributed by atoms with Crippen molar-refractivity contribution < 1.29 is 23.9 Å². The number of fused-ring (bicyclic) bond motifs is 6.